The van der Waals surface area contributed by atoms with E-state index in [0.717, 1.165) is 12.1 Å². The van der Waals surface area contributed by atoms with Crippen LogP contribution in [-0.4, -0.2) is 24.7 Å². The molecule has 0 fully saturated rings. The smallest absolute Gasteiger partial charge is 0.280 e. The molecule has 114 valence electrons. The lowest BCUT2D eigenvalue weighted by Gasteiger charge is -2.10. The summed E-state index contributed by atoms with van der Waals surface area (Å²) < 4.78 is 28.5. The molecule has 0 atom stereocenters. The van der Waals surface area contributed by atoms with Crippen molar-refractivity contribution in [2.45, 2.75) is 18.5 Å². The van der Waals surface area contributed by atoms with Gasteiger partial charge in [-0.25, -0.2) is 0 Å². The van der Waals surface area contributed by atoms with Crippen LogP contribution in [0.15, 0.2) is 35.5 Å². The number of hydrogen-bond acceptors (Lipinski definition) is 4. The first-order valence-electron chi connectivity index (χ1n) is 6.44. The predicted octanol–water partition coefficient (Wildman–Crippen LogP) is 1.98. The van der Waals surface area contributed by atoms with Crippen molar-refractivity contribution in [1.29, 1.82) is 0 Å². The molecular weight excluding hydrogens is 312 g/mol. The third kappa shape index (κ3) is 3.75. The third-order valence-corrected chi connectivity index (χ3v) is 4.74. The third-order valence-electron chi connectivity index (χ3n) is 2.86. The van der Waals surface area contributed by atoms with E-state index in [2.05, 4.69) is 15.1 Å². The molecule has 0 amide bonds. The molecule has 1 aromatic heterocycles. The van der Waals surface area contributed by atoms with E-state index < -0.39 is 10.0 Å². The molecule has 1 aromatic carbocycles. The summed E-state index contributed by atoms with van der Waals surface area (Å²) in [5.74, 6) is 0. The molecule has 0 bridgehead atoms. The van der Waals surface area contributed by atoms with Crippen molar-refractivity contribution in [3.05, 3.63) is 41.0 Å². The molecule has 1 heterocycles. The lowest BCUT2D eigenvalue weighted by molar-refractivity contribution is 0.582. The number of rotatable bonds is 6. The summed E-state index contributed by atoms with van der Waals surface area (Å²) in [6, 6.07) is 7.20. The fraction of sp³-hybridized carbons (Fsp3) is 0.308. The van der Waals surface area contributed by atoms with Gasteiger partial charge in [-0.3, -0.25) is 9.40 Å². The summed E-state index contributed by atoms with van der Waals surface area (Å²) in [7, 11) is -2.24. The van der Waals surface area contributed by atoms with E-state index in [0.29, 0.717) is 12.2 Å². The first-order chi connectivity index (χ1) is 9.94. The second-order valence-electron chi connectivity index (χ2n) is 4.51. The van der Waals surface area contributed by atoms with E-state index in [4.69, 9.17) is 11.6 Å². The van der Waals surface area contributed by atoms with Crippen LogP contribution in [0.4, 0.5) is 5.69 Å². The van der Waals surface area contributed by atoms with Gasteiger partial charge in [-0.2, -0.15) is 13.5 Å². The number of nitrogens with zero attached hydrogens (tertiary/aromatic N) is 2. The van der Waals surface area contributed by atoms with Gasteiger partial charge in [0.25, 0.3) is 10.0 Å². The number of halogens is 1. The van der Waals surface area contributed by atoms with Gasteiger partial charge in [-0.05, 0) is 24.2 Å². The lowest BCUT2D eigenvalue weighted by atomic mass is 10.2. The second kappa shape index (κ2) is 6.46. The summed E-state index contributed by atoms with van der Waals surface area (Å²) in [5.41, 5.74) is 1.48. The Labute approximate surface area is 129 Å². The standard InChI is InChI=1S/C13H17ClN4O2S/c1-3-15-8-10-5-4-6-11(7-10)17-21(19,20)13-12(14)9-16-18(13)2/h4-7,9,15,17H,3,8H2,1-2H3. The normalized spacial score (nSPS) is 11.6. The molecule has 0 aliphatic carbocycles. The molecule has 0 radical (unpaired) electrons. The zero-order valence-electron chi connectivity index (χ0n) is 11.8. The number of sulfonamides is 1. The van der Waals surface area contributed by atoms with Crippen LogP contribution in [0.3, 0.4) is 0 Å². The summed E-state index contributed by atoms with van der Waals surface area (Å²) in [5, 5.41) is 7.06. The van der Waals surface area contributed by atoms with Gasteiger partial charge in [0.15, 0.2) is 5.03 Å². The average molecular weight is 329 g/mol. The predicted molar refractivity (Wildman–Crippen MR) is 82.8 cm³/mol. The molecule has 2 N–H and O–H groups in total. The molecular formula is C13H17ClN4O2S. The van der Waals surface area contributed by atoms with Gasteiger partial charge < -0.3 is 5.32 Å². The Morgan fingerprint density at radius 1 is 1.38 bits per heavy atom. The Balaban J connectivity index is 2.25. The Hall–Kier alpha value is -1.57. The molecule has 0 aliphatic heterocycles. The summed E-state index contributed by atoms with van der Waals surface area (Å²) in [6.45, 7) is 3.54. The van der Waals surface area contributed by atoms with E-state index in [-0.39, 0.29) is 10.0 Å². The van der Waals surface area contributed by atoms with E-state index in [1.54, 1.807) is 18.2 Å². The van der Waals surface area contributed by atoms with Crippen LogP contribution >= 0.6 is 11.6 Å². The maximum absolute atomic E-state index is 12.4. The lowest BCUT2D eigenvalue weighted by Crippen LogP contribution is -2.17. The number of hydrogen-bond donors (Lipinski definition) is 2. The Morgan fingerprint density at radius 3 is 2.76 bits per heavy atom. The van der Waals surface area contributed by atoms with Crippen molar-refractivity contribution in [2.24, 2.45) is 7.05 Å². The summed E-state index contributed by atoms with van der Waals surface area (Å²) in [4.78, 5) is 0. The van der Waals surface area contributed by atoms with Gasteiger partial charge in [0.05, 0.1) is 11.2 Å². The highest BCUT2D eigenvalue weighted by atomic mass is 35.5. The van der Waals surface area contributed by atoms with Crippen molar-refractivity contribution < 1.29 is 8.42 Å². The zero-order chi connectivity index (χ0) is 15.5. The average Bonchev–Trinajstić information content (AvgIpc) is 2.76. The van der Waals surface area contributed by atoms with E-state index in [9.17, 15) is 8.42 Å². The number of aromatic nitrogens is 2. The van der Waals surface area contributed by atoms with Crippen molar-refractivity contribution in [2.75, 3.05) is 11.3 Å². The fourth-order valence-corrected chi connectivity index (χ4v) is 3.63. The second-order valence-corrected chi connectivity index (χ2v) is 6.51. The van der Waals surface area contributed by atoms with Crippen molar-refractivity contribution in [3.8, 4) is 0 Å². The maximum atomic E-state index is 12.4. The van der Waals surface area contributed by atoms with Gasteiger partial charge >= 0.3 is 0 Å². The van der Waals surface area contributed by atoms with Gasteiger partial charge in [0.1, 0.15) is 0 Å². The minimum atomic E-state index is -3.77. The van der Waals surface area contributed by atoms with Crippen LogP contribution in [0, 0.1) is 0 Å². The van der Waals surface area contributed by atoms with Crippen LogP contribution < -0.4 is 10.0 Å². The highest BCUT2D eigenvalue weighted by molar-refractivity contribution is 7.92. The zero-order valence-corrected chi connectivity index (χ0v) is 13.4. The Kier molecular flexibility index (Phi) is 4.87. The molecule has 2 rings (SSSR count). The first-order valence-corrected chi connectivity index (χ1v) is 8.30. The molecule has 0 saturated heterocycles. The molecule has 0 aliphatic rings. The molecule has 2 aromatic rings. The number of benzene rings is 1. The SMILES string of the molecule is CCNCc1cccc(NS(=O)(=O)c2c(Cl)cnn2C)c1. The molecule has 8 heteroatoms. The van der Waals surface area contributed by atoms with Crippen LogP contribution in [0.5, 0.6) is 0 Å². The first kappa shape index (κ1) is 15.8. The van der Waals surface area contributed by atoms with Crippen LogP contribution in [-0.2, 0) is 23.6 Å². The number of nitrogens with one attached hydrogen (secondary N) is 2. The maximum Gasteiger partial charge on any atom is 0.280 e. The summed E-state index contributed by atoms with van der Waals surface area (Å²) in [6.07, 6.45) is 1.30. The van der Waals surface area contributed by atoms with E-state index in [1.807, 2.05) is 13.0 Å². The molecule has 6 nitrogen and oxygen atoms in total. The molecule has 0 saturated carbocycles. The van der Waals surface area contributed by atoms with Gasteiger partial charge in [0.2, 0.25) is 0 Å². The van der Waals surface area contributed by atoms with E-state index in [1.165, 1.54) is 17.9 Å². The topological polar surface area (TPSA) is 76.0 Å². The van der Waals surface area contributed by atoms with Crippen LogP contribution in [0.25, 0.3) is 0 Å². The monoisotopic (exact) mass is 328 g/mol. The van der Waals surface area contributed by atoms with Crippen LogP contribution in [0.2, 0.25) is 5.02 Å². The van der Waals surface area contributed by atoms with Gasteiger partial charge in [-0.1, -0.05) is 30.7 Å². The largest absolute Gasteiger partial charge is 0.313 e. The molecule has 21 heavy (non-hydrogen) atoms. The van der Waals surface area contributed by atoms with Crippen LogP contribution in [0.1, 0.15) is 12.5 Å². The Morgan fingerprint density at radius 2 is 2.14 bits per heavy atom. The Bertz CT molecular complexity index is 708. The van der Waals surface area contributed by atoms with Crippen molar-refractivity contribution in [3.63, 3.8) is 0 Å². The van der Waals surface area contributed by atoms with Gasteiger partial charge in [-0.15, -0.1) is 0 Å². The minimum Gasteiger partial charge on any atom is -0.313 e. The molecule has 0 unspecified atom stereocenters. The van der Waals surface area contributed by atoms with Gasteiger partial charge in [0, 0.05) is 19.3 Å². The molecule has 0 spiro atoms. The highest BCUT2D eigenvalue weighted by Crippen LogP contribution is 2.23. The minimum absolute atomic E-state index is 0.0544. The number of aryl methyl sites for hydroxylation is 1. The van der Waals surface area contributed by atoms with E-state index >= 15 is 0 Å². The fourth-order valence-electron chi connectivity index (χ4n) is 1.92. The van der Waals surface area contributed by atoms with Crippen molar-refractivity contribution >= 4 is 27.3 Å². The number of anilines is 1. The van der Waals surface area contributed by atoms with Crippen molar-refractivity contribution in [1.82, 2.24) is 15.1 Å². The quantitative estimate of drug-likeness (QED) is 0.850. The summed E-state index contributed by atoms with van der Waals surface area (Å²) >= 11 is 5.88. The highest BCUT2D eigenvalue weighted by Gasteiger charge is 2.22.